The van der Waals surface area contributed by atoms with Crippen molar-refractivity contribution in [1.82, 2.24) is 0 Å². The van der Waals surface area contributed by atoms with Gasteiger partial charge in [0.25, 0.3) is 0 Å². The molecule has 1 rings (SSSR count). The average Bonchev–Trinajstić information content (AvgIpc) is 2.27. The first kappa shape index (κ1) is 11.7. The molecule has 0 amide bonds. The van der Waals surface area contributed by atoms with Gasteiger partial charge in [-0.1, -0.05) is 53.2 Å². The standard InChI is InChI=1S/C11H15BrO2/c1-2-11(13,9-12)14-8-10-6-4-3-5-7-10/h3-7,13H,2,8-9H2,1H3. The molecule has 78 valence electrons. The number of aliphatic hydroxyl groups is 1. The van der Waals surface area contributed by atoms with E-state index in [1.807, 2.05) is 37.3 Å². The molecule has 3 heteroatoms. The predicted octanol–water partition coefficient (Wildman–Crippen LogP) is 2.70. The zero-order chi connectivity index (χ0) is 10.4. The van der Waals surface area contributed by atoms with Crippen LogP contribution in [0.4, 0.5) is 0 Å². The Bertz CT molecular complexity index is 257. The Labute approximate surface area is 93.0 Å². The van der Waals surface area contributed by atoms with Gasteiger partial charge < -0.3 is 9.84 Å². The quantitative estimate of drug-likeness (QED) is 0.650. The highest BCUT2D eigenvalue weighted by atomic mass is 79.9. The first-order valence-corrected chi connectivity index (χ1v) is 5.78. The van der Waals surface area contributed by atoms with Gasteiger partial charge in [-0.15, -0.1) is 0 Å². The first-order valence-electron chi connectivity index (χ1n) is 4.66. The molecule has 0 aliphatic carbocycles. The van der Waals surface area contributed by atoms with Gasteiger partial charge >= 0.3 is 0 Å². The summed E-state index contributed by atoms with van der Waals surface area (Å²) in [5.41, 5.74) is 1.07. The van der Waals surface area contributed by atoms with E-state index in [0.29, 0.717) is 18.4 Å². The SMILES string of the molecule is CCC(O)(CBr)OCc1ccccc1. The van der Waals surface area contributed by atoms with Gasteiger partial charge in [-0.2, -0.15) is 0 Å². The topological polar surface area (TPSA) is 29.5 Å². The molecule has 0 spiro atoms. The van der Waals surface area contributed by atoms with E-state index in [0.717, 1.165) is 5.56 Å². The Hall–Kier alpha value is -0.380. The number of ether oxygens (including phenoxy) is 1. The molecule has 0 aliphatic rings. The Morgan fingerprint density at radius 3 is 2.50 bits per heavy atom. The van der Waals surface area contributed by atoms with Crippen molar-refractivity contribution in [1.29, 1.82) is 0 Å². The normalized spacial score (nSPS) is 15.1. The third-order valence-electron chi connectivity index (χ3n) is 2.11. The van der Waals surface area contributed by atoms with Gasteiger partial charge in [0.15, 0.2) is 5.79 Å². The third kappa shape index (κ3) is 3.40. The van der Waals surface area contributed by atoms with Crippen molar-refractivity contribution in [3.63, 3.8) is 0 Å². The molecular formula is C11H15BrO2. The molecule has 1 aromatic carbocycles. The molecule has 14 heavy (non-hydrogen) atoms. The number of rotatable bonds is 5. The van der Waals surface area contributed by atoms with Crippen LogP contribution < -0.4 is 0 Å². The minimum atomic E-state index is -1.05. The summed E-state index contributed by atoms with van der Waals surface area (Å²) in [7, 11) is 0. The smallest absolute Gasteiger partial charge is 0.175 e. The second kappa shape index (κ2) is 5.49. The van der Waals surface area contributed by atoms with Crippen LogP contribution >= 0.6 is 15.9 Å². The molecule has 0 saturated heterocycles. The Morgan fingerprint density at radius 1 is 1.36 bits per heavy atom. The lowest BCUT2D eigenvalue weighted by Gasteiger charge is -2.24. The highest BCUT2D eigenvalue weighted by Gasteiger charge is 2.23. The van der Waals surface area contributed by atoms with Crippen molar-refractivity contribution in [3.8, 4) is 0 Å². The van der Waals surface area contributed by atoms with E-state index in [1.54, 1.807) is 0 Å². The molecule has 0 heterocycles. The third-order valence-corrected chi connectivity index (χ3v) is 2.99. The van der Waals surface area contributed by atoms with Gasteiger partial charge in [0.05, 0.1) is 11.9 Å². The van der Waals surface area contributed by atoms with E-state index in [9.17, 15) is 5.11 Å². The lowest BCUT2D eigenvalue weighted by atomic mass is 10.2. The van der Waals surface area contributed by atoms with Crippen molar-refractivity contribution < 1.29 is 9.84 Å². The number of halogens is 1. The zero-order valence-corrected chi connectivity index (χ0v) is 9.83. The molecule has 0 radical (unpaired) electrons. The lowest BCUT2D eigenvalue weighted by molar-refractivity contribution is -0.194. The van der Waals surface area contributed by atoms with Crippen LogP contribution in [0.5, 0.6) is 0 Å². The van der Waals surface area contributed by atoms with Crippen molar-refractivity contribution in [2.24, 2.45) is 0 Å². The van der Waals surface area contributed by atoms with E-state index in [2.05, 4.69) is 15.9 Å². The number of alkyl halides is 1. The molecule has 0 aromatic heterocycles. The maximum Gasteiger partial charge on any atom is 0.175 e. The van der Waals surface area contributed by atoms with Gasteiger partial charge in [0, 0.05) is 0 Å². The molecule has 2 nitrogen and oxygen atoms in total. The summed E-state index contributed by atoms with van der Waals surface area (Å²) in [5, 5.41) is 10.3. The van der Waals surface area contributed by atoms with E-state index in [1.165, 1.54) is 0 Å². The van der Waals surface area contributed by atoms with Crippen LogP contribution in [0, 0.1) is 0 Å². The van der Waals surface area contributed by atoms with Gasteiger partial charge in [0.1, 0.15) is 0 Å². The number of hydrogen-bond donors (Lipinski definition) is 1. The second-order valence-electron chi connectivity index (χ2n) is 3.21. The lowest BCUT2D eigenvalue weighted by Crippen LogP contribution is -2.33. The summed E-state index contributed by atoms with van der Waals surface area (Å²) in [6.45, 7) is 2.34. The highest BCUT2D eigenvalue weighted by Crippen LogP contribution is 2.17. The highest BCUT2D eigenvalue weighted by molar-refractivity contribution is 9.09. The summed E-state index contributed by atoms with van der Waals surface area (Å²) in [6.07, 6.45) is 0.574. The Morgan fingerprint density at radius 2 is 2.00 bits per heavy atom. The fraction of sp³-hybridized carbons (Fsp3) is 0.455. The molecule has 1 aromatic rings. The summed E-state index contributed by atoms with van der Waals surface area (Å²) in [4.78, 5) is 0. The second-order valence-corrected chi connectivity index (χ2v) is 3.77. The molecule has 1 N–H and O–H groups in total. The molecule has 1 unspecified atom stereocenters. The number of benzene rings is 1. The Balaban J connectivity index is 2.48. The van der Waals surface area contributed by atoms with Gasteiger partial charge in [-0.05, 0) is 12.0 Å². The van der Waals surface area contributed by atoms with Crippen LogP contribution in [0.15, 0.2) is 30.3 Å². The largest absolute Gasteiger partial charge is 0.365 e. The van der Waals surface area contributed by atoms with Crippen LogP contribution in [0.3, 0.4) is 0 Å². The monoisotopic (exact) mass is 258 g/mol. The van der Waals surface area contributed by atoms with Crippen molar-refractivity contribution in [2.75, 3.05) is 5.33 Å². The van der Waals surface area contributed by atoms with Crippen molar-refractivity contribution >= 4 is 15.9 Å². The maximum atomic E-state index is 9.82. The van der Waals surface area contributed by atoms with Crippen LogP contribution in [0.2, 0.25) is 0 Å². The van der Waals surface area contributed by atoms with Crippen molar-refractivity contribution in [3.05, 3.63) is 35.9 Å². The minimum absolute atomic E-state index is 0.434. The molecular weight excluding hydrogens is 244 g/mol. The minimum Gasteiger partial charge on any atom is -0.365 e. The van der Waals surface area contributed by atoms with Gasteiger partial charge in [-0.3, -0.25) is 0 Å². The van der Waals surface area contributed by atoms with Crippen LogP contribution in [-0.4, -0.2) is 16.2 Å². The van der Waals surface area contributed by atoms with Crippen molar-refractivity contribution in [2.45, 2.75) is 25.7 Å². The Kier molecular flexibility index (Phi) is 4.58. The molecule has 0 aliphatic heterocycles. The van der Waals surface area contributed by atoms with E-state index >= 15 is 0 Å². The van der Waals surface area contributed by atoms with Crippen LogP contribution in [0.25, 0.3) is 0 Å². The van der Waals surface area contributed by atoms with E-state index in [-0.39, 0.29) is 0 Å². The van der Waals surface area contributed by atoms with Gasteiger partial charge in [0.2, 0.25) is 0 Å². The molecule has 1 atom stereocenters. The fourth-order valence-electron chi connectivity index (χ4n) is 1.03. The van der Waals surface area contributed by atoms with E-state index in [4.69, 9.17) is 4.74 Å². The zero-order valence-electron chi connectivity index (χ0n) is 8.24. The predicted molar refractivity (Wildman–Crippen MR) is 60.3 cm³/mol. The summed E-state index contributed by atoms with van der Waals surface area (Å²) < 4.78 is 5.42. The molecule has 0 bridgehead atoms. The first-order chi connectivity index (χ1) is 6.70. The summed E-state index contributed by atoms with van der Waals surface area (Å²) in [5.74, 6) is -1.05. The summed E-state index contributed by atoms with van der Waals surface area (Å²) in [6, 6.07) is 9.82. The van der Waals surface area contributed by atoms with Crippen LogP contribution in [0.1, 0.15) is 18.9 Å². The fourth-order valence-corrected chi connectivity index (χ4v) is 1.59. The number of hydrogen-bond acceptors (Lipinski definition) is 2. The molecule has 0 saturated carbocycles. The summed E-state index contributed by atoms with van der Waals surface area (Å²) >= 11 is 3.23. The van der Waals surface area contributed by atoms with Gasteiger partial charge in [-0.25, -0.2) is 0 Å². The van der Waals surface area contributed by atoms with Crippen LogP contribution in [-0.2, 0) is 11.3 Å². The molecule has 0 fully saturated rings. The maximum absolute atomic E-state index is 9.82. The van der Waals surface area contributed by atoms with E-state index < -0.39 is 5.79 Å². The average molecular weight is 259 g/mol.